The number of piperidine rings is 1. The number of anilines is 1. The molecule has 7 heteroatoms. The first kappa shape index (κ1) is 16.4. The van der Waals surface area contributed by atoms with Crippen LogP contribution in [0.1, 0.15) is 19.3 Å². The van der Waals surface area contributed by atoms with Crippen molar-refractivity contribution < 1.29 is 9.66 Å². The Morgan fingerprint density at radius 2 is 2.14 bits per heavy atom. The van der Waals surface area contributed by atoms with Crippen LogP contribution >= 0.6 is 22.6 Å². The Balaban J connectivity index is 1.97. The fourth-order valence-corrected chi connectivity index (χ4v) is 2.98. The molecule has 1 aromatic carbocycles. The first-order chi connectivity index (χ1) is 10.1. The summed E-state index contributed by atoms with van der Waals surface area (Å²) in [5, 5.41) is 11.2. The normalized spacial score (nSPS) is 16.2. The van der Waals surface area contributed by atoms with E-state index in [0.717, 1.165) is 35.9 Å². The van der Waals surface area contributed by atoms with E-state index in [2.05, 4.69) is 27.5 Å². The van der Waals surface area contributed by atoms with Gasteiger partial charge in [0.15, 0.2) is 0 Å². The summed E-state index contributed by atoms with van der Waals surface area (Å²) < 4.78 is 6.64. The van der Waals surface area contributed by atoms with Gasteiger partial charge in [-0.3, -0.25) is 10.1 Å². The van der Waals surface area contributed by atoms with E-state index in [0.29, 0.717) is 18.8 Å². The van der Waals surface area contributed by atoms with Gasteiger partial charge in [0.1, 0.15) is 5.69 Å². The molecule has 1 saturated heterocycles. The number of halogens is 1. The average Bonchev–Trinajstić information content (AvgIpc) is 2.48. The Bertz CT molecular complexity index is 490. The molecule has 116 valence electrons. The molecule has 0 spiro atoms. The topological polar surface area (TPSA) is 81.6 Å². The number of hydrogen-bond acceptors (Lipinski definition) is 5. The first-order valence-electron chi connectivity index (χ1n) is 7.12. The molecule has 1 aliphatic rings. The fourth-order valence-electron chi connectivity index (χ4n) is 2.51. The minimum atomic E-state index is -0.304. The Morgan fingerprint density at radius 3 is 2.76 bits per heavy atom. The third kappa shape index (κ3) is 4.52. The molecule has 0 atom stereocenters. The predicted molar refractivity (Wildman–Crippen MR) is 90.7 cm³/mol. The van der Waals surface area contributed by atoms with Crippen LogP contribution in [0.3, 0.4) is 0 Å². The van der Waals surface area contributed by atoms with E-state index in [9.17, 15) is 10.1 Å². The number of hydrogen-bond donors (Lipinski definition) is 1. The standard InChI is InChI=1S/C14H20IN3O3/c15-11-2-3-13(14(10-11)18(19)20)17-7-4-12(5-8-17)21-9-1-6-16/h2-3,10,12H,1,4-9,16H2. The quantitative estimate of drug-likeness (QED) is 0.341. The number of nitrogens with two attached hydrogens (primary N) is 1. The second kappa shape index (κ2) is 7.90. The van der Waals surface area contributed by atoms with Crippen molar-refractivity contribution in [1.82, 2.24) is 0 Å². The van der Waals surface area contributed by atoms with Gasteiger partial charge in [0.25, 0.3) is 5.69 Å². The molecule has 0 saturated carbocycles. The summed E-state index contributed by atoms with van der Waals surface area (Å²) in [5.74, 6) is 0. The fraction of sp³-hybridized carbons (Fsp3) is 0.571. The third-order valence-electron chi connectivity index (χ3n) is 3.62. The zero-order chi connectivity index (χ0) is 15.2. The molecule has 6 nitrogen and oxygen atoms in total. The largest absolute Gasteiger partial charge is 0.378 e. The molecule has 0 unspecified atom stereocenters. The van der Waals surface area contributed by atoms with Gasteiger partial charge in [0.05, 0.1) is 11.0 Å². The number of nitro benzene ring substituents is 1. The minimum Gasteiger partial charge on any atom is -0.378 e. The van der Waals surface area contributed by atoms with E-state index in [4.69, 9.17) is 10.5 Å². The molecular weight excluding hydrogens is 385 g/mol. The van der Waals surface area contributed by atoms with E-state index in [1.807, 2.05) is 12.1 Å². The van der Waals surface area contributed by atoms with Crippen LogP contribution in [0.2, 0.25) is 0 Å². The van der Waals surface area contributed by atoms with Crippen molar-refractivity contribution >= 4 is 34.0 Å². The smallest absolute Gasteiger partial charge is 0.293 e. The van der Waals surface area contributed by atoms with Crippen LogP contribution < -0.4 is 10.6 Å². The summed E-state index contributed by atoms with van der Waals surface area (Å²) in [6, 6.07) is 5.38. The molecule has 0 aliphatic carbocycles. The number of nitro groups is 1. The van der Waals surface area contributed by atoms with Gasteiger partial charge in [-0.25, -0.2) is 0 Å². The van der Waals surface area contributed by atoms with Gasteiger partial charge in [0.2, 0.25) is 0 Å². The lowest BCUT2D eigenvalue weighted by atomic mass is 10.1. The molecule has 1 heterocycles. The minimum absolute atomic E-state index is 0.185. The molecule has 1 fully saturated rings. The number of benzene rings is 1. The maximum Gasteiger partial charge on any atom is 0.293 e. The summed E-state index contributed by atoms with van der Waals surface area (Å²) in [4.78, 5) is 13.0. The average molecular weight is 405 g/mol. The molecule has 1 aliphatic heterocycles. The van der Waals surface area contributed by atoms with Gasteiger partial charge in [-0.15, -0.1) is 0 Å². The van der Waals surface area contributed by atoms with Gasteiger partial charge < -0.3 is 15.4 Å². The van der Waals surface area contributed by atoms with Gasteiger partial charge in [-0.1, -0.05) is 0 Å². The first-order valence-corrected chi connectivity index (χ1v) is 8.20. The molecule has 2 N–H and O–H groups in total. The highest BCUT2D eigenvalue weighted by Crippen LogP contribution is 2.32. The summed E-state index contributed by atoms with van der Waals surface area (Å²) in [7, 11) is 0. The Hall–Kier alpha value is -0.930. The van der Waals surface area contributed by atoms with Crippen molar-refractivity contribution in [2.75, 3.05) is 31.1 Å². The number of ether oxygens (including phenoxy) is 1. The van der Waals surface area contributed by atoms with Crippen molar-refractivity contribution in [3.05, 3.63) is 31.9 Å². The molecule has 0 amide bonds. The highest BCUT2D eigenvalue weighted by atomic mass is 127. The molecule has 1 aromatic rings. The van der Waals surface area contributed by atoms with E-state index >= 15 is 0 Å². The van der Waals surface area contributed by atoms with E-state index < -0.39 is 0 Å². The lowest BCUT2D eigenvalue weighted by Crippen LogP contribution is -2.37. The van der Waals surface area contributed by atoms with Crippen LogP contribution in [0.15, 0.2) is 18.2 Å². The van der Waals surface area contributed by atoms with E-state index in [1.54, 1.807) is 6.07 Å². The van der Waals surface area contributed by atoms with Crippen LogP contribution in [-0.4, -0.2) is 37.3 Å². The predicted octanol–water partition coefficient (Wildman–Crippen LogP) is 2.53. The van der Waals surface area contributed by atoms with Crippen molar-refractivity contribution in [1.29, 1.82) is 0 Å². The summed E-state index contributed by atoms with van der Waals surface area (Å²) in [6.45, 7) is 2.92. The SMILES string of the molecule is NCCCOC1CCN(c2ccc(I)cc2[N+](=O)[O-])CC1. The summed E-state index contributed by atoms with van der Waals surface area (Å²) >= 11 is 2.10. The monoisotopic (exact) mass is 405 g/mol. The second-order valence-electron chi connectivity index (χ2n) is 5.09. The van der Waals surface area contributed by atoms with Gasteiger partial charge in [0, 0.05) is 29.3 Å². The highest BCUT2D eigenvalue weighted by molar-refractivity contribution is 14.1. The van der Waals surface area contributed by atoms with Crippen molar-refractivity contribution in [3.8, 4) is 0 Å². The summed E-state index contributed by atoms with van der Waals surface area (Å²) in [5.41, 5.74) is 6.34. The van der Waals surface area contributed by atoms with Crippen LogP contribution in [-0.2, 0) is 4.74 Å². The molecule has 0 aromatic heterocycles. The van der Waals surface area contributed by atoms with Gasteiger partial charge in [-0.05, 0) is 60.5 Å². The Morgan fingerprint density at radius 1 is 1.43 bits per heavy atom. The van der Waals surface area contributed by atoms with E-state index in [1.165, 1.54) is 0 Å². The Kier molecular flexibility index (Phi) is 6.19. The second-order valence-corrected chi connectivity index (χ2v) is 6.34. The van der Waals surface area contributed by atoms with Crippen molar-refractivity contribution in [2.24, 2.45) is 5.73 Å². The van der Waals surface area contributed by atoms with Crippen molar-refractivity contribution in [2.45, 2.75) is 25.4 Å². The van der Waals surface area contributed by atoms with Gasteiger partial charge in [-0.2, -0.15) is 0 Å². The van der Waals surface area contributed by atoms with Crippen LogP contribution in [0.5, 0.6) is 0 Å². The van der Waals surface area contributed by atoms with Crippen LogP contribution in [0.25, 0.3) is 0 Å². The molecule has 21 heavy (non-hydrogen) atoms. The molecule has 0 bridgehead atoms. The zero-order valence-corrected chi connectivity index (χ0v) is 14.0. The molecule has 0 radical (unpaired) electrons. The Labute approximate surface area is 137 Å². The maximum atomic E-state index is 11.2. The highest BCUT2D eigenvalue weighted by Gasteiger charge is 2.25. The molecular formula is C14H20IN3O3. The third-order valence-corrected chi connectivity index (χ3v) is 4.29. The van der Waals surface area contributed by atoms with Crippen LogP contribution in [0, 0.1) is 13.7 Å². The number of nitrogens with zero attached hydrogens (tertiary/aromatic N) is 2. The van der Waals surface area contributed by atoms with Gasteiger partial charge >= 0.3 is 0 Å². The number of rotatable bonds is 6. The molecule has 2 rings (SSSR count). The lowest BCUT2D eigenvalue weighted by molar-refractivity contribution is -0.384. The lowest BCUT2D eigenvalue weighted by Gasteiger charge is -2.33. The van der Waals surface area contributed by atoms with Crippen LogP contribution in [0.4, 0.5) is 11.4 Å². The van der Waals surface area contributed by atoms with Crippen molar-refractivity contribution in [3.63, 3.8) is 0 Å². The summed E-state index contributed by atoms with van der Waals surface area (Å²) in [6.07, 6.45) is 2.92. The zero-order valence-electron chi connectivity index (χ0n) is 11.8. The van der Waals surface area contributed by atoms with E-state index in [-0.39, 0.29) is 16.7 Å². The maximum absolute atomic E-state index is 11.2.